The average molecular weight is 421 g/mol. The summed E-state index contributed by atoms with van der Waals surface area (Å²) < 4.78 is 5.26. The zero-order valence-corrected chi connectivity index (χ0v) is 17.7. The Morgan fingerprint density at radius 1 is 1.14 bits per heavy atom. The minimum atomic E-state index is -0.749. The summed E-state index contributed by atoms with van der Waals surface area (Å²) in [5, 5.41) is 10.3. The summed E-state index contributed by atoms with van der Waals surface area (Å²) in [4.78, 5) is 30.9. The van der Waals surface area contributed by atoms with E-state index in [-0.39, 0.29) is 24.0 Å². The molecule has 1 N–H and O–H groups in total. The normalized spacial score (nSPS) is 30.1. The van der Waals surface area contributed by atoms with Crippen molar-refractivity contribution in [2.45, 2.75) is 69.1 Å². The van der Waals surface area contributed by atoms with Crippen LogP contribution in [0.4, 0.5) is 0 Å². The van der Waals surface area contributed by atoms with Gasteiger partial charge in [0.15, 0.2) is 0 Å². The van der Waals surface area contributed by atoms with Crippen LogP contribution in [0.1, 0.15) is 61.7 Å². The molecule has 4 rings (SSSR count). The molecule has 1 aromatic carbocycles. The molecule has 0 aromatic heterocycles. The Balaban J connectivity index is 1.60. The van der Waals surface area contributed by atoms with Crippen molar-refractivity contribution < 1.29 is 19.4 Å². The predicted molar refractivity (Wildman–Crippen MR) is 110 cm³/mol. The molecule has 1 saturated carbocycles. The average Bonchev–Trinajstić information content (AvgIpc) is 3.14. The van der Waals surface area contributed by atoms with Crippen LogP contribution < -0.4 is 4.74 Å². The molecule has 3 fully saturated rings. The van der Waals surface area contributed by atoms with Crippen molar-refractivity contribution in [2.24, 2.45) is 0 Å². The van der Waals surface area contributed by atoms with Crippen LogP contribution in [-0.4, -0.2) is 64.6 Å². The Labute approximate surface area is 176 Å². The van der Waals surface area contributed by atoms with E-state index in [0.29, 0.717) is 35.7 Å². The monoisotopic (exact) mass is 420 g/mol. The molecule has 1 atom stereocenters. The number of rotatable bonds is 3. The lowest BCUT2D eigenvalue weighted by atomic mass is 9.82. The summed E-state index contributed by atoms with van der Waals surface area (Å²) in [6.07, 6.45) is 6.05. The Bertz CT molecular complexity index is 793. The zero-order chi connectivity index (χ0) is 20.6. The number of aliphatic hydroxyl groups is 1. The van der Waals surface area contributed by atoms with Gasteiger partial charge in [-0.25, -0.2) is 0 Å². The van der Waals surface area contributed by atoms with E-state index >= 15 is 0 Å². The molecular formula is C22H29ClN2O4. The largest absolute Gasteiger partial charge is 0.497 e. The molecule has 2 aliphatic heterocycles. The van der Waals surface area contributed by atoms with E-state index in [1.54, 1.807) is 30.2 Å². The Morgan fingerprint density at radius 3 is 2.52 bits per heavy atom. The summed E-state index contributed by atoms with van der Waals surface area (Å²) in [5.74, 6) is 0.467. The molecule has 29 heavy (non-hydrogen) atoms. The third-order valence-corrected chi connectivity index (χ3v) is 7.06. The van der Waals surface area contributed by atoms with Crippen LogP contribution in [0.15, 0.2) is 18.2 Å². The minimum absolute atomic E-state index is 0.0879. The highest BCUT2D eigenvalue weighted by molar-refractivity contribution is 6.31. The van der Waals surface area contributed by atoms with Crippen LogP contribution in [0.3, 0.4) is 0 Å². The van der Waals surface area contributed by atoms with Crippen LogP contribution in [0, 0.1) is 0 Å². The zero-order valence-electron chi connectivity index (χ0n) is 16.9. The van der Waals surface area contributed by atoms with E-state index in [1.807, 2.05) is 4.90 Å². The lowest BCUT2D eigenvalue weighted by Crippen LogP contribution is -2.63. The van der Waals surface area contributed by atoms with Gasteiger partial charge in [0.25, 0.3) is 5.91 Å². The molecule has 0 bridgehead atoms. The lowest BCUT2D eigenvalue weighted by molar-refractivity contribution is -0.149. The fourth-order valence-corrected chi connectivity index (χ4v) is 5.58. The number of ether oxygens (including phenoxy) is 1. The molecule has 6 nitrogen and oxygen atoms in total. The third-order valence-electron chi connectivity index (χ3n) is 6.84. The molecule has 2 saturated heterocycles. The second-order valence-corrected chi connectivity index (χ2v) is 8.97. The molecule has 2 heterocycles. The van der Waals surface area contributed by atoms with Crippen molar-refractivity contribution in [1.82, 2.24) is 9.80 Å². The predicted octanol–water partition coefficient (Wildman–Crippen LogP) is 3.25. The second kappa shape index (κ2) is 8.15. The van der Waals surface area contributed by atoms with Gasteiger partial charge in [0, 0.05) is 29.7 Å². The van der Waals surface area contributed by atoms with Crippen LogP contribution in [0.2, 0.25) is 5.02 Å². The topological polar surface area (TPSA) is 70.1 Å². The van der Waals surface area contributed by atoms with Gasteiger partial charge in [-0.2, -0.15) is 0 Å². The van der Waals surface area contributed by atoms with Gasteiger partial charge in [0.1, 0.15) is 11.3 Å². The SMILES string of the molecule is COc1cc(Cl)cc(C(=O)N2CCCC23CCCN(C2CCC(O)CC2)C3=O)c1. The Kier molecular flexibility index (Phi) is 5.76. The van der Waals surface area contributed by atoms with Crippen LogP contribution >= 0.6 is 11.6 Å². The number of amides is 2. The molecule has 1 aromatic rings. The highest BCUT2D eigenvalue weighted by Gasteiger charge is 2.53. The molecule has 7 heteroatoms. The first-order valence-corrected chi connectivity index (χ1v) is 11.0. The number of likely N-dealkylation sites (tertiary alicyclic amines) is 2. The van der Waals surface area contributed by atoms with Gasteiger partial charge >= 0.3 is 0 Å². The lowest BCUT2D eigenvalue weighted by Gasteiger charge is -2.48. The van der Waals surface area contributed by atoms with Crippen molar-refractivity contribution in [3.63, 3.8) is 0 Å². The fraction of sp³-hybridized carbons (Fsp3) is 0.636. The number of aliphatic hydroxyl groups excluding tert-OH is 1. The minimum Gasteiger partial charge on any atom is -0.497 e. The number of hydrogen-bond acceptors (Lipinski definition) is 4. The highest BCUT2D eigenvalue weighted by Crippen LogP contribution is 2.41. The van der Waals surface area contributed by atoms with Crippen molar-refractivity contribution in [3.05, 3.63) is 28.8 Å². The molecule has 1 spiro atoms. The fourth-order valence-electron chi connectivity index (χ4n) is 5.35. The van der Waals surface area contributed by atoms with Crippen molar-refractivity contribution in [2.75, 3.05) is 20.2 Å². The van der Waals surface area contributed by atoms with Gasteiger partial charge < -0.3 is 19.6 Å². The van der Waals surface area contributed by atoms with Gasteiger partial charge in [-0.15, -0.1) is 0 Å². The smallest absolute Gasteiger partial charge is 0.254 e. The number of nitrogens with zero attached hydrogens (tertiary/aromatic N) is 2. The van der Waals surface area contributed by atoms with Crippen LogP contribution in [0.5, 0.6) is 5.75 Å². The Morgan fingerprint density at radius 2 is 1.83 bits per heavy atom. The number of piperidine rings is 1. The number of methoxy groups -OCH3 is 1. The first-order valence-electron chi connectivity index (χ1n) is 10.6. The molecule has 158 valence electrons. The van der Waals surface area contributed by atoms with Gasteiger partial charge in [-0.3, -0.25) is 9.59 Å². The second-order valence-electron chi connectivity index (χ2n) is 8.54. The summed E-state index contributed by atoms with van der Waals surface area (Å²) in [6.45, 7) is 1.32. The van der Waals surface area contributed by atoms with Crippen LogP contribution in [0.25, 0.3) is 0 Å². The highest BCUT2D eigenvalue weighted by atomic mass is 35.5. The third kappa shape index (κ3) is 3.73. The number of carbonyl (C=O) groups excluding carboxylic acids is 2. The molecule has 3 aliphatic rings. The number of halogens is 1. The van der Waals surface area contributed by atoms with Crippen molar-refractivity contribution in [3.8, 4) is 5.75 Å². The standard InChI is InChI=1S/C22H29ClN2O4/c1-29-19-13-15(12-16(23)14-19)20(27)25-11-3-9-22(25)8-2-10-24(21(22)28)17-4-6-18(26)7-5-17/h12-14,17-18,26H,2-11H2,1H3. The summed E-state index contributed by atoms with van der Waals surface area (Å²) in [5.41, 5.74) is -0.289. The Hall–Kier alpha value is -1.79. The quantitative estimate of drug-likeness (QED) is 0.814. The molecule has 1 aliphatic carbocycles. The first-order chi connectivity index (χ1) is 13.9. The first kappa shape index (κ1) is 20.5. The van der Waals surface area contributed by atoms with E-state index in [0.717, 1.165) is 45.1 Å². The van der Waals surface area contributed by atoms with Gasteiger partial charge in [-0.1, -0.05) is 11.6 Å². The number of benzene rings is 1. The maximum absolute atomic E-state index is 13.7. The molecule has 0 radical (unpaired) electrons. The van der Waals surface area contributed by atoms with Gasteiger partial charge in [0.2, 0.25) is 5.91 Å². The summed E-state index contributed by atoms with van der Waals surface area (Å²) >= 11 is 6.18. The number of carbonyl (C=O) groups is 2. The van der Waals surface area contributed by atoms with E-state index in [2.05, 4.69) is 0 Å². The summed E-state index contributed by atoms with van der Waals surface area (Å²) in [7, 11) is 1.54. The van der Waals surface area contributed by atoms with E-state index < -0.39 is 5.54 Å². The van der Waals surface area contributed by atoms with E-state index in [4.69, 9.17) is 16.3 Å². The molecular weight excluding hydrogens is 392 g/mol. The van der Waals surface area contributed by atoms with Gasteiger partial charge in [0.05, 0.1) is 13.2 Å². The van der Waals surface area contributed by atoms with E-state index in [1.165, 1.54) is 0 Å². The van der Waals surface area contributed by atoms with Crippen molar-refractivity contribution >= 4 is 23.4 Å². The number of hydrogen-bond donors (Lipinski definition) is 1. The van der Waals surface area contributed by atoms with E-state index in [9.17, 15) is 14.7 Å². The summed E-state index contributed by atoms with van der Waals surface area (Å²) in [6, 6.07) is 5.18. The molecule has 2 amide bonds. The van der Waals surface area contributed by atoms with Crippen molar-refractivity contribution in [1.29, 1.82) is 0 Å². The van der Waals surface area contributed by atoms with Crippen LogP contribution in [-0.2, 0) is 4.79 Å². The maximum atomic E-state index is 13.7. The van der Waals surface area contributed by atoms with Gasteiger partial charge in [-0.05, 0) is 69.6 Å². The maximum Gasteiger partial charge on any atom is 0.254 e. The molecule has 1 unspecified atom stereocenters.